The predicted octanol–water partition coefficient (Wildman–Crippen LogP) is 1.08. The minimum Gasteiger partial charge on any atom is -0.323 e. The number of nitrogens with one attached hydrogen (secondary N) is 2. The molecule has 2 aromatic rings. The van der Waals surface area contributed by atoms with Crippen molar-refractivity contribution in [2.24, 2.45) is 0 Å². The lowest BCUT2D eigenvalue weighted by atomic mass is 10.4. The van der Waals surface area contributed by atoms with E-state index >= 15 is 0 Å². The Hall–Kier alpha value is -1.98. The third-order valence-corrected chi connectivity index (χ3v) is 1.38. The molecule has 0 amide bonds. The number of H-pyrrole nitrogens is 1. The lowest BCUT2D eigenvalue weighted by Gasteiger charge is -1.99. The average molecular weight is 179 g/mol. The first kappa shape index (κ1) is 7.66. The van der Waals surface area contributed by atoms with E-state index in [4.69, 9.17) is 0 Å². The van der Waals surface area contributed by atoms with Gasteiger partial charge in [-0.25, -0.2) is 9.49 Å². The van der Waals surface area contributed by atoms with E-state index in [9.17, 15) is 4.39 Å². The number of rotatable bonds is 2. The molecule has 0 saturated heterocycles. The van der Waals surface area contributed by atoms with Gasteiger partial charge in [0.1, 0.15) is 12.1 Å². The summed E-state index contributed by atoms with van der Waals surface area (Å²) in [6.45, 7) is 0. The van der Waals surface area contributed by atoms with Crippen molar-refractivity contribution < 1.29 is 4.39 Å². The van der Waals surface area contributed by atoms with E-state index < -0.39 is 5.82 Å². The molecule has 13 heavy (non-hydrogen) atoms. The molecule has 2 rings (SSSR count). The summed E-state index contributed by atoms with van der Waals surface area (Å²) in [5.41, 5.74) is 0.525. The maximum atomic E-state index is 12.6. The Balaban J connectivity index is 2.19. The summed E-state index contributed by atoms with van der Waals surface area (Å²) in [7, 11) is 0. The van der Waals surface area contributed by atoms with Crippen LogP contribution in [0.2, 0.25) is 0 Å². The minimum absolute atomic E-state index is 0.399. The molecule has 66 valence electrons. The smallest absolute Gasteiger partial charge is 0.222 e. The Morgan fingerprint density at radius 3 is 3.00 bits per heavy atom. The van der Waals surface area contributed by atoms with Gasteiger partial charge in [0.25, 0.3) is 0 Å². The summed E-state index contributed by atoms with van der Waals surface area (Å²) in [6, 6.07) is 1.32. The second-order valence-electron chi connectivity index (χ2n) is 2.35. The fourth-order valence-corrected chi connectivity index (χ4v) is 0.883. The zero-order valence-corrected chi connectivity index (χ0v) is 6.53. The second kappa shape index (κ2) is 3.18. The quantitative estimate of drug-likeness (QED) is 0.723. The highest BCUT2D eigenvalue weighted by atomic mass is 19.1. The van der Waals surface area contributed by atoms with Gasteiger partial charge in [0.2, 0.25) is 5.95 Å². The van der Waals surface area contributed by atoms with Crippen LogP contribution in [0.3, 0.4) is 0 Å². The van der Waals surface area contributed by atoms with Gasteiger partial charge in [0.05, 0.1) is 18.1 Å². The van der Waals surface area contributed by atoms with E-state index in [1.165, 1.54) is 18.6 Å². The largest absolute Gasteiger partial charge is 0.323 e. The molecule has 0 unspecified atom stereocenters. The standard InChI is InChI=1S/C7H6FN5/c8-5-1-6(3-9-2-5)12-7-10-4-11-13-7/h1-4H,(H2,10,11,12,13). The molecule has 0 fully saturated rings. The highest BCUT2D eigenvalue weighted by molar-refractivity contribution is 5.50. The molecule has 0 aromatic carbocycles. The molecule has 0 atom stereocenters. The van der Waals surface area contributed by atoms with Gasteiger partial charge in [-0.2, -0.15) is 10.1 Å². The lowest BCUT2D eigenvalue weighted by Crippen LogP contribution is -1.93. The predicted molar refractivity (Wildman–Crippen MR) is 43.9 cm³/mol. The molecular weight excluding hydrogens is 173 g/mol. The highest BCUT2D eigenvalue weighted by Crippen LogP contribution is 2.10. The summed E-state index contributed by atoms with van der Waals surface area (Å²) in [5.74, 6) is 0.0527. The van der Waals surface area contributed by atoms with Gasteiger partial charge in [-0.1, -0.05) is 0 Å². The Bertz CT molecular complexity index is 386. The number of hydrogen-bond donors (Lipinski definition) is 2. The number of anilines is 2. The van der Waals surface area contributed by atoms with Crippen molar-refractivity contribution in [2.75, 3.05) is 5.32 Å². The van der Waals surface area contributed by atoms with E-state index in [-0.39, 0.29) is 0 Å². The van der Waals surface area contributed by atoms with Crippen LogP contribution in [-0.4, -0.2) is 20.2 Å². The van der Waals surface area contributed by atoms with Gasteiger partial charge >= 0.3 is 0 Å². The molecule has 0 spiro atoms. The molecule has 2 N–H and O–H groups in total. The Kier molecular flexibility index (Phi) is 1.87. The van der Waals surface area contributed by atoms with Gasteiger partial charge in [-0.3, -0.25) is 4.98 Å². The van der Waals surface area contributed by atoms with Crippen molar-refractivity contribution in [3.63, 3.8) is 0 Å². The van der Waals surface area contributed by atoms with E-state index in [1.807, 2.05) is 0 Å². The fourth-order valence-electron chi connectivity index (χ4n) is 0.883. The van der Waals surface area contributed by atoms with Crippen LogP contribution in [0.1, 0.15) is 0 Å². The molecular formula is C7H6FN5. The highest BCUT2D eigenvalue weighted by Gasteiger charge is 1.97. The zero-order chi connectivity index (χ0) is 9.10. The van der Waals surface area contributed by atoms with Crippen LogP contribution in [0.5, 0.6) is 0 Å². The van der Waals surface area contributed by atoms with Gasteiger partial charge in [0.15, 0.2) is 0 Å². The van der Waals surface area contributed by atoms with Crippen molar-refractivity contribution in [2.45, 2.75) is 0 Å². The van der Waals surface area contributed by atoms with Crippen molar-refractivity contribution in [3.05, 3.63) is 30.6 Å². The lowest BCUT2D eigenvalue weighted by molar-refractivity contribution is 0.622. The fraction of sp³-hybridized carbons (Fsp3) is 0. The van der Waals surface area contributed by atoms with Crippen LogP contribution in [0, 0.1) is 5.82 Å². The maximum Gasteiger partial charge on any atom is 0.222 e. The van der Waals surface area contributed by atoms with Crippen LogP contribution in [0.25, 0.3) is 0 Å². The molecule has 5 nitrogen and oxygen atoms in total. The van der Waals surface area contributed by atoms with E-state index in [0.717, 1.165) is 6.20 Å². The van der Waals surface area contributed by atoms with Crippen molar-refractivity contribution >= 4 is 11.6 Å². The molecule has 2 heterocycles. The number of nitrogens with zero attached hydrogens (tertiary/aromatic N) is 3. The summed E-state index contributed by atoms with van der Waals surface area (Å²) in [6.07, 6.45) is 3.98. The van der Waals surface area contributed by atoms with Gasteiger partial charge in [-0.05, 0) is 0 Å². The topological polar surface area (TPSA) is 66.5 Å². The van der Waals surface area contributed by atoms with Crippen LogP contribution in [-0.2, 0) is 0 Å². The summed E-state index contributed by atoms with van der Waals surface area (Å²) in [5, 5.41) is 9.00. The number of hydrogen-bond acceptors (Lipinski definition) is 4. The Morgan fingerprint density at radius 2 is 2.31 bits per heavy atom. The molecule has 2 aromatic heterocycles. The Labute approximate surface area is 73.0 Å². The molecule has 0 aliphatic carbocycles. The van der Waals surface area contributed by atoms with Crippen molar-refractivity contribution in [1.29, 1.82) is 0 Å². The molecule has 6 heteroatoms. The number of halogens is 1. The summed E-state index contributed by atoms with van der Waals surface area (Å²) < 4.78 is 12.6. The molecule has 0 bridgehead atoms. The normalized spacial score (nSPS) is 9.92. The zero-order valence-electron chi connectivity index (χ0n) is 6.53. The molecule has 0 aliphatic rings. The van der Waals surface area contributed by atoms with E-state index in [2.05, 4.69) is 25.5 Å². The van der Waals surface area contributed by atoms with Crippen LogP contribution < -0.4 is 5.32 Å². The first-order chi connectivity index (χ1) is 6.34. The first-order valence-electron chi connectivity index (χ1n) is 3.57. The summed E-state index contributed by atoms with van der Waals surface area (Å²) >= 11 is 0. The van der Waals surface area contributed by atoms with Gasteiger partial charge < -0.3 is 5.32 Å². The minimum atomic E-state index is -0.399. The molecule has 0 aliphatic heterocycles. The van der Waals surface area contributed by atoms with Gasteiger partial charge in [0, 0.05) is 6.07 Å². The molecule has 0 radical (unpaired) electrons. The number of pyridine rings is 1. The van der Waals surface area contributed by atoms with Gasteiger partial charge in [-0.15, -0.1) is 0 Å². The third kappa shape index (κ3) is 1.78. The molecule has 0 saturated carbocycles. The summed E-state index contributed by atoms with van der Waals surface area (Å²) in [4.78, 5) is 7.48. The van der Waals surface area contributed by atoms with E-state index in [1.54, 1.807) is 0 Å². The average Bonchev–Trinajstić information content (AvgIpc) is 2.57. The van der Waals surface area contributed by atoms with Crippen LogP contribution >= 0.6 is 0 Å². The third-order valence-electron chi connectivity index (χ3n) is 1.38. The first-order valence-corrected chi connectivity index (χ1v) is 3.57. The number of aromatic amines is 1. The van der Waals surface area contributed by atoms with Crippen molar-refractivity contribution in [1.82, 2.24) is 20.2 Å². The monoisotopic (exact) mass is 179 g/mol. The van der Waals surface area contributed by atoms with E-state index in [0.29, 0.717) is 11.6 Å². The maximum absolute atomic E-state index is 12.6. The van der Waals surface area contributed by atoms with Crippen LogP contribution in [0.4, 0.5) is 16.0 Å². The number of aromatic nitrogens is 4. The SMILES string of the molecule is Fc1cncc(Nc2ncn[nH]2)c1. The van der Waals surface area contributed by atoms with Crippen LogP contribution in [0.15, 0.2) is 24.8 Å². The van der Waals surface area contributed by atoms with Crippen molar-refractivity contribution in [3.8, 4) is 0 Å². The Morgan fingerprint density at radius 1 is 1.38 bits per heavy atom. The second-order valence-corrected chi connectivity index (χ2v) is 2.35.